The minimum absolute atomic E-state index is 0.111. The van der Waals surface area contributed by atoms with E-state index in [4.69, 9.17) is 28.3 Å². The summed E-state index contributed by atoms with van der Waals surface area (Å²) in [6.07, 6.45) is -1.83. The molecule has 0 radical (unpaired) electrons. The average Bonchev–Trinajstić information content (AvgIpc) is 3.18. The quantitative estimate of drug-likeness (QED) is 0.407. The number of benzene rings is 2. The molecule has 1 amide bonds. The molecule has 2 aromatic heterocycles. The molecule has 0 bridgehead atoms. The van der Waals surface area contributed by atoms with E-state index < -0.39 is 28.0 Å². The fourth-order valence-corrected chi connectivity index (χ4v) is 3.91. The molecule has 0 aliphatic rings. The van der Waals surface area contributed by atoms with Crippen LogP contribution >= 0.6 is 23.2 Å². The van der Waals surface area contributed by atoms with Gasteiger partial charge in [0.2, 0.25) is 10.0 Å². The SMILES string of the molecule is NS(=O)(=O)c1cccc(NC(=O)c2cnn3c(C(F)F)cc(-c4ccc(Cl)c(Cl)c4)nc23)c1. The molecule has 3 N–H and O–H groups in total. The second-order valence-corrected chi connectivity index (χ2v) is 9.19. The van der Waals surface area contributed by atoms with Crippen molar-refractivity contribution in [2.45, 2.75) is 11.3 Å². The molecule has 0 spiro atoms. The van der Waals surface area contributed by atoms with Crippen molar-refractivity contribution >= 4 is 50.5 Å². The van der Waals surface area contributed by atoms with Gasteiger partial charge in [0.05, 0.1) is 26.8 Å². The van der Waals surface area contributed by atoms with E-state index in [1.807, 2.05) is 0 Å². The van der Waals surface area contributed by atoms with Crippen molar-refractivity contribution in [1.29, 1.82) is 0 Å². The number of nitrogens with two attached hydrogens (primary N) is 1. The Morgan fingerprint density at radius 3 is 2.52 bits per heavy atom. The first kappa shape index (κ1) is 23.1. The normalized spacial score (nSPS) is 11.8. The summed E-state index contributed by atoms with van der Waals surface area (Å²) in [5, 5.41) is 12.0. The average molecular weight is 512 g/mol. The third kappa shape index (κ3) is 4.67. The van der Waals surface area contributed by atoms with E-state index in [0.29, 0.717) is 5.56 Å². The van der Waals surface area contributed by atoms with Crippen LogP contribution in [0.25, 0.3) is 16.9 Å². The number of rotatable bonds is 5. The van der Waals surface area contributed by atoms with E-state index in [1.54, 1.807) is 6.07 Å². The summed E-state index contributed by atoms with van der Waals surface area (Å²) < 4.78 is 51.4. The maximum absolute atomic E-state index is 13.7. The van der Waals surface area contributed by atoms with Crippen molar-refractivity contribution in [3.63, 3.8) is 0 Å². The first-order chi connectivity index (χ1) is 15.5. The summed E-state index contributed by atoms with van der Waals surface area (Å²) in [5.41, 5.74) is -0.0740. The Morgan fingerprint density at radius 2 is 1.85 bits per heavy atom. The van der Waals surface area contributed by atoms with Gasteiger partial charge in [-0.1, -0.05) is 35.3 Å². The van der Waals surface area contributed by atoms with Gasteiger partial charge in [-0.25, -0.2) is 31.8 Å². The lowest BCUT2D eigenvalue weighted by atomic mass is 10.1. The molecule has 33 heavy (non-hydrogen) atoms. The monoisotopic (exact) mass is 511 g/mol. The predicted octanol–water partition coefficient (Wildman–Crippen LogP) is 4.54. The zero-order chi connectivity index (χ0) is 23.9. The second kappa shape index (κ2) is 8.67. The largest absolute Gasteiger partial charge is 0.322 e. The molecule has 4 rings (SSSR count). The van der Waals surface area contributed by atoms with Gasteiger partial charge in [0, 0.05) is 11.3 Å². The first-order valence-corrected chi connectivity index (χ1v) is 11.4. The highest BCUT2D eigenvalue weighted by Crippen LogP contribution is 2.31. The highest BCUT2D eigenvalue weighted by molar-refractivity contribution is 7.89. The van der Waals surface area contributed by atoms with Gasteiger partial charge in [-0.15, -0.1) is 0 Å². The number of nitrogens with one attached hydrogen (secondary N) is 1. The van der Waals surface area contributed by atoms with Crippen LogP contribution in [0.5, 0.6) is 0 Å². The predicted molar refractivity (Wildman–Crippen MR) is 119 cm³/mol. The van der Waals surface area contributed by atoms with Gasteiger partial charge in [0.25, 0.3) is 12.3 Å². The van der Waals surface area contributed by atoms with E-state index in [0.717, 1.165) is 22.8 Å². The van der Waals surface area contributed by atoms with Crippen LogP contribution in [0, 0.1) is 0 Å². The minimum Gasteiger partial charge on any atom is -0.322 e. The Hall–Kier alpha value is -3.12. The number of fused-ring (bicyclic) bond motifs is 1. The lowest BCUT2D eigenvalue weighted by molar-refractivity contribution is 0.102. The Labute approximate surface area is 196 Å². The van der Waals surface area contributed by atoms with Gasteiger partial charge in [-0.2, -0.15) is 5.10 Å². The summed E-state index contributed by atoms with van der Waals surface area (Å²) in [4.78, 5) is 17.0. The molecule has 0 aliphatic heterocycles. The number of hydrogen-bond donors (Lipinski definition) is 2. The maximum atomic E-state index is 13.7. The summed E-state index contributed by atoms with van der Waals surface area (Å²) in [6.45, 7) is 0. The van der Waals surface area contributed by atoms with E-state index in [2.05, 4.69) is 15.4 Å². The molecule has 8 nitrogen and oxygen atoms in total. The topological polar surface area (TPSA) is 119 Å². The number of sulfonamides is 1. The van der Waals surface area contributed by atoms with Gasteiger partial charge in [-0.05, 0) is 36.4 Å². The smallest absolute Gasteiger partial charge is 0.280 e. The van der Waals surface area contributed by atoms with E-state index in [1.165, 1.54) is 30.3 Å². The molecular formula is C20H13Cl2F2N5O3S. The number of alkyl halides is 2. The molecule has 0 unspecified atom stereocenters. The molecule has 0 saturated heterocycles. The number of nitrogens with zero attached hydrogens (tertiary/aromatic N) is 3. The lowest BCUT2D eigenvalue weighted by Crippen LogP contribution is -2.15. The van der Waals surface area contributed by atoms with Crippen LogP contribution < -0.4 is 10.5 Å². The first-order valence-electron chi connectivity index (χ1n) is 9.11. The summed E-state index contributed by atoms with van der Waals surface area (Å²) in [7, 11) is -3.99. The molecule has 0 atom stereocenters. The van der Waals surface area contributed by atoms with Crippen molar-refractivity contribution < 1.29 is 22.0 Å². The molecule has 0 fully saturated rings. The molecular weight excluding hydrogens is 499 g/mol. The maximum Gasteiger partial charge on any atom is 0.280 e. The number of primary sulfonamides is 1. The Morgan fingerprint density at radius 1 is 1.09 bits per heavy atom. The third-order valence-corrected chi connectivity index (χ3v) is 6.25. The molecule has 0 aliphatic carbocycles. The van der Waals surface area contributed by atoms with Crippen molar-refractivity contribution in [3.8, 4) is 11.3 Å². The molecule has 13 heteroatoms. The zero-order valence-electron chi connectivity index (χ0n) is 16.3. The summed E-state index contributed by atoms with van der Waals surface area (Å²) in [6, 6.07) is 10.9. The van der Waals surface area contributed by atoms with Crippen LogP contribution in [0.1, 0.15) is 22.5 Å². The Balaban J connectivity index is 1.79. The highest BCUT2D eigenvalue weighted by Gasteiger charge is 2.22. The van der Waals surface area contributed by atoms with Crippen molar-refractivity contribution in [1.82, 2.24) is 14.6 Å². The van der Waals surface area contributed by atoms with Crippen LogP contribution in [0.15, 0.2) is 59.6 Å². The van der Waals surface area contributed by atoms with Crippen molar-refractivity contribution in [3.05, 3.63) is 76.0 Å². The number of anilines is 1. The zero-order valence-corrected chi connectivity index (χ0v) is 18.7. The molecule has 0 saturated carbocycles. The number of amides is 1. The molecule has 170 valence electrons. The van der Waals surface area contributed by atoms with Crippen LogP contribution in [-0.2, 0) is 10.0 Å². The number of halogens is 4. The van der Waals surface area contributed by atoms with E-state index >= 15 is 0 Å². The standard InChI is InChI=1S/C20H13Cl2F2N5O3S/c21-14-5-4-10(6-15(14)22)16-8-17(18(23)24)29-19(28-16)13(9-26-29)20(30)27-11-2-1-3-12(7-11)33(25,31)32/h1-9,18H,(H,27,30)(H2,25,31,32). The molecule has 4 aromatic rings. The highest BCUT2D eigenvalue weighted by atomic mass is 35.5. The van der Waals surface area contributed by atoms with Gasteiger partial charge in [0.15, 0.2) is 5.65 Å². The minimum atomic E-state index is -3.99. The number of aromatic nitrogens is 3. The molecule has 2 heterocycles. The number of hydrogen-bond acceptors (Lipinski definition) is 5. The van der Waals surface area contributed by atoms with E-state index in [9.17, 15) is 22.0 Å². The van der Waals surface area contributed by atoms with Crippen LogP contribution in [-0.4, -0.2) is 28.9 Å². The Bertz CT molecular complexity index is 1510. The third-order valence-electron chi connectivity index (χ3n) is 4.60. The van der Waals surface area contributed by atoms with Crippen molar-refractivity contribution in [2.75, 3.05) is 5.32 Å². The van der Waals surface area contributed by atoms with Gasteiger partial charge < -0.3 is 5.32 Å². The molecule has 2 aromatic carbocycles. The van der Waals surface area contributed by atoms with Gasteiger partial charge in [-0.3, -0.25) is 4.79 Å². The fraction of sp³-hybridized carbons (Fsp3) is 0.0500. The Kier molecular flexibility index (Phi) is 6.06. The second-order valence-electron chi connectivity index (χ2n) is 6.82. The fourth-order valence-electron chi connectivity index (χ4n) is 3.05. The van der Waals surface area contributed by atoms with Gasteiger partial charge >= 0.3 is 0 Å². The van der Waals surface area contributed by atoms with Crippen LogP contribution in [0.2, 0.25) is 10.0 Å². The lowest BCUT2D eigenvalue weighted by Gasteiger charge is -2.10. The summed E-state index contributed by atoms with van der Waals surface area (Å²) >= 11 is 12.0. The number of carbonyl (C=O) groups excluding carboxylic acids is 1. The van der Waals surface area contributed by atoms with Crippen LogP contribution in [0.4, 0.5) is 14.5 Å². The van der Waals surface area contributed by atoms with Gasteiger partial charge in [0.1, 0.15) is 11.3 Å². The number of carbonyl (C=O) groups is 1. The van der Waals surface area contributed by atoms with E-state index in [-0.39, 0.29) is 37.5 Å². The van der Waals surface area contributed by atoms with Crippen molar-refractivity contribution in [2.24, 2.45) is 5.14 Å². The summed E-state index contributed by atoms with van der Waals surface area (Å²) in [5.74, 6) is -0.740. The van der Waals surface area contributed by atoms with Crippen LogP contribution in [0.3, 0.4) is 0 Å².